The van der Waals surface area contributed by atoms with E-state index in [1.165, 1.54) is 32.1 Å². The third kappa shape index (κ3) is 3.80. The van der Waals surface area contributed by atoms with Gasteiger partial charge in [0.2, 0.25) is 0 Å². The lowest BCUT2D eigenvalue weighted by Crippen LogP contribution is -2.43. The van der Waals surface area contributed by atoms with Gasteiger partial charge in [0.15, 0.2) is 11.6 Å². The van der Waals surface area contributed by atoms with Crippen molar-refractivity contribution in [2.75, 3.05) is 16.5 Å². The predicted octanol–water partition coefficient (Wildman–Crippen LogP) is 7.61. The summed E-state index contributed by atoms with van der Waals surface area (Å²) in [6.45, 7) is 10.3. The number of fused-ring (bicyclic) bond motifs is 1. The minimum atomic E-state index is -0.0838. The van der Waals surface area contributed by atoms with Crippen LogP contribution in [-0.4, -0.2) is 16.6 Å². The average Bonchev–Trinajstić information content (AvgIpc) is 3.24. The van der Waals surface area contributed by atoms with Crippen LogP contribution in [0, 0.1) is 11.3 Å². The molecule has 4 heteroatoms. The van der Waals surface area contributed by atoms with Gasteiger partial charge >= 0.3 is 0 Å². The van der Waals surface area contributed by atoms with Gasteiger partial charge in [0.25, 0.3) is 0 Å². The van der Waals surface area contributed by atoms with E-state index in [1.807, 2.05) is 6.20 Å². The topological polar surface area (TPSA) is 32.3 Å². The van der Waals surface area contributed by atoms with E-state index in [0.717, 1.165) is 34.6 Å². The zero-order valence-electron chi connectivity index (χ0n) is 20.5. The van der Waals surface area contributed by atoms with Crippen LogP contribution in [0.2, 0.25) is 0 Å². The molecule has 0 unspecified atom stereocenters. The summed E-state index contributed by atoms with van der Waals surface area (Å²) in [6.07, 6.45) is 8.78. The molecule has 0 amide bonds. The van der Waals surface area contributed by atoms with Crippen LogP contribution < -0.4 is 9.80 Å². The molecular weight excluding hydrogens is 404 g/mol. The van der Waals surface area contributed by atoms with Crippen molar-refractivity contribution >= 4 is 23.0 Å². The Hall–Kier alpha value is -2.88. The highest BCUT2D eigenvalue weighted by Crippen LogP contribution is 2.51. The molecule has 0 N–H and O–H groups in total. The van der Waals surface area contributed by atoms with E-state index < -0.39 is 0 Å². The Kier molecular flexibility index (Phi) is 5.64. The highest BCUT2D eigenvalue weighted by molar-refractivity contribution is 5.81. The van der Waals surface area contributed by atoms with Crippen LogP contribution >= 0.6 is 0 Å². The summed E-state index contributed by atoms with van der Waals surface area (Å²) in [4.78, 5) is 14.9. The largest absolute Gasteiger partial charge is 0.305 e. The SMILES string of the molecule is CC(C)(c1cnc2c(n1)N(c1ccccc1)CN2c1ccccc1)C(C)(C)C1CCCCC1. The third-order valence-electron chi connectivity index (χ3n) is 8.54. The third-order valence-corrected chi connectivity index (χ3v) is 8.54. The molecule has 2 heterocycles. The molecule has 1 aliphatic heterocycles. The molecule has 0 atom stereocenters. The standard InChI is InChI=1S/C29H36N4/c1-28(2,22-14-8-5-9-15-22)29(3,4)25-20-30-26-27(31-25)33(24-18-12-7-13-19-24)21-32(26)23-16-10-6-11-17-23/h6-7,10-13,16-20,22H,5,8-9,14-15,21H2,1-4H3. The molecule has 0 spiro atoms. The van der Waals surface area contributed by atoms with Crippen LogP contribution in [0.25, 0.3) is 0 Å². The van der Waals surface area contributed by atoms with Crippen molar-refractivity contribution in [1.82, 2.24) is 9.97 Å². The second-order valence-electron chi connectivity index (χ2n) is 10.8. The average molecular weight is 441 g/mol. The van der Waals surface area contributed by atoms with E-state index in [1.54, 1.807) is 0 Å². The van der Waals surface area contributed by atoms with Crippen molar-refractivity contribution in [3.8, 4) is 0 Å². The van der Waals surface area contributed by atoms with Gasteiger partial charge in [0.05, 0.1) is 11.9 Å². The zero-order valence-corrected chi connectivity index (χ0v) is 20.5. The van der Waals surface area contributed by atoms with E-state index >= 15 is 0 Å². The first-order valence-electron chi connectivity index (χ1n) is 12.4. The number of rotatable bonds is 5. The molecule has 33 heavy (non-hydrogen) atoms. The minimum absolute atomic E-state index is 0.0838. The fourth-order valence-corrected chi connectivity index (χ4v) is 5.61. The first kappa shape index (κ1) is 21.9. The summed E-state index contributed by atoms with van der Waals surface area (Å²) >= 11 is 0. The van der Waals surface area contributed by atoms with Crippen LogP contribution in [0.5, 0.6) is 0 Å². The Labute approximate surface area is 198 Å². The molecule has 3 aromatic rings. The van der Waals surface area contributed by atoms with Gasteiger partial charge < -0.3 is 9.80 Å². The Morgan fingerprint density at radius 1 is 0.727 bits per heavy atom. The monoisotopic (exact) mass is 440 g/mol. The molecule has 172 valence electrons. The Morgan fingerprint density at radius 3 is 1.85 bits per heavy atom. The normalized spacial score (nSPS) is 17.3. The van der Waals surface area contributed by atoms with Crippen LogP contribution in [0.4, 0.5) is 23.0 Å². The summed E-state index contributed by atoms with van der Waals surface area (Å²) in [6, 6.07) is 21.1. The maximum absolute atomic E-state index is 5.34. The number of benzene rings is 2. The summed E-state index contributed by atoms with van der Waals surface area (Å²) in [7, 11) is 0. The Balaban J connectivity index is 1.57. The molecule has 0 bridgehead atoms. The lowest BCUT2D eigenvalue weighted by molar-refractivity contribution is 0.0708. The van der Waals surface area contributed by atoms with Crippen molar-refractivity contribution in [2.24, 2.45) is 11.3 Å². The first-order valence-corrected chi connectivity index (χ1v) is 12.4. The fourth-order valence-electron chi connectivity index (χ4n) is 5.61. The van der Waals surface area contributed by atoms with Gasteiger partial charge in [-0.1, -0.05) is 83.4 Å². The molecule has 1 aromatic heterocycles. The summed E-state index contributed by atoms with van der Waals surface area (Å²) in [5, 5.41) is 0. The second kappa shape index (κ2) is 8.48. The van der Waals surface area contributed by atoms with E-state index in [-0.39, 0.29) is 10.8 Å². The zero-order chi connectivity index (χ0) is 23.1. The number of nitrogens with zero attached hydrogens (tertiary/aromatic N) is 4. The van der Waals surface area contributed by atoms with Crippen LogP contribution in [0.3, 0.4) is 0 Å². The van der Waals surface area contributed by atoms with E-state index in [0.29, 0.717) is 6.67 Å². The van der Waals surface area contributed by atoms with Gasteiger partial charge in [-0.3, -0.25) is 0 Å². The van der Waals surface area contributed by atoms with Gasteiger partial charge in [0, 0.05) is 16.8 Å². The fraction of sp³-hybridized carbons (Fsp3) is 0.448. The minimum Gasteiger partial charge on any atom is -0.305 e. The first-order chi connectivity index (χ1) is 15.9. The lowest BCUT2D eigenvalue weighted by atomic mass is 9.57. The summed E-state index contributed by atoms with van der Waals surface area (Å²) < 4.78 is 0. The molecule has 2 aromatic carbocycles. The van der Waals surface area contributed by atoms with Crippen molar-refractivity contribution in [2.45, 2.75) is 65.2 Å². The van der Waals surface area contributed by atoms with Crippen molar-refractivity contribution in [3.63, 3.8) is 0 Å². The highest BCUT2D eigenvalue weighted by Gasteiger charge is 2.46. The quantitative estimate of drug-likeness (QED) is 0.409. The molecule has 2 aliphatic rings. The maximum atomic E-state index is 5.34. The second-order valence-corrected chi connectivity index (χ2v) is 10.8. The van der Waals surface area contributed by atoms with E-state index in [2.05, 4.69) is 98.2 Å². The van der Waals surface area contributed by atoms with Gasteiger partial charge in [0.1, 0.15) is 6.67 Å². The number of hydrogen-bond acceptors (Lipinski definition) is 4. The molecule has 5 rings (SSSR count). The number of hydrogen-bond donors (Lipinski definition) is 0. The van der Waals surface area contributed by atoms with Crippen LogP contribution in [-0.2, 0) is 5.41 Å². The molecular formula is C29H36N4. The molecule has 4 nitrogen and oxygen atoms in total. The smallest absolute Gasteiger partial charge is 0.178 e. The van der Waals surface area contributed by atoms with Gasteiger partial charge in [-0.05, 0) is 48.4 Å². The summed E-state index contributed by atoms with van der Waals surface area (Å²) in [5.74, 6) is 2.61. The molecule has 0 saturated heterocycles. The maximum Gasteiger partial charge on any atom is 0.178 e. The number of anilines is 4. The van der Waals surface area contributed by atoms with Gasteiger partial charge in [-0.25, -0.2) is 9.97 Å². The van der Waals surface area contributed by atoms with Crippen LogP contribution in [0.15, 0.2) is 66.9 Å². The van der Waals surface area contributed by atoms with E-state index in [4.69, 9.17) is 9.97 Å². The molecule has 1 saturated carbocycles. The van der Waals surface area contributed by atoms with Crippen molar-refractivity contribution in [3.05, 3.63) is 72.6 Å². The van der Waals surface area contributed by atoms with Crippen molar-refractivity contribution < 1.29 is 0 Å². The molecule has 0 radical (unpaired) electrons. The van der Waals surface area contributed by atoms with Gasteiger partial charge in [-0.15, -0.1) is 0 Å². The van der Waals surface area contributed by atoms with Crippen molar-refractivity contribution in [1.29, 1.82) is 0 Å². The highest BCUT2D eigenvalue weighted by atomic mass is 15.4. The number of aromatic nitrogens is 2. The molecule has 1 fully saturated rings. The Morgan fingerprint density at radius 2 is 1.27 bits per heavy atom. The number of para-hydroxylation sites is 2. The van der Waals surface area contributed by atoms with Gasteiger partial charge in [-0.2, -0.15) is 0 Å². The lowest BCUT2D eigenvalue weighted by Gasteiger charge is -2.48. The Bertz CT molecular complexity index is 1090. The predicted molar refractivity (Wildman–Crippen MR) is 137 cm³/mol. The summed E-state index contributed by atoms with van der Waals surface area (Å²) in [5.41, 5.74) is 3.44. The molecule has 1 aliphatic carbocycles. The van der Waals surface area contributed by atoms with Crippen LogP contribution in [0.1, 0.15) is 65.5 Å². The van der Waals surface area contributed by atoms with E-state index in [9.17, 15) is 0 Å².